The van der Waals surface area contributed by atoms with Gasteiger partial charge in [-0.15, -0.1) is 0 Å². The Balaban J connectivity index is 4.35. The Kier molecular flexibility index (Phi) is 6.37. The number of carbonyl (C=O) groups excluding carboxylic acids is 1. The lowest BCUT2D eigenvalue weighted by Crippen LogP contribution is -2.47. The minimum atomic E-state index is -4.61. The topological polar surface area (TPSA) is 69.6 Å². The fourth-order valence-electron chi connectivity index (χ4n) is 1.06. The number of unbranched alkanes of at least 4 members (excludes halogenated alkanes) is 1. The van der Waals surface area contributed by atoms with Gasteiger partial charge in [0.05, 0.1) is 0 Å². The van der Waals surface area contributed by atoms with Gasteiger partial charge in [0.15, 0.2) is 0 Å². The zero-order valence-electron chi connectivity index (χ0n) is 9.38. The Morgan fingerprint density at radius 3 is 2.35 bits per heavy atom. The molecule has 0 aromatic carbocycles. The summed E-state index contributed by atoms with van der Waals surface area (Å²) in [4.78, 5) is 21.8. The summed E-state index contributed by atoms with van der Waals surface area (Å²) < 4.78 is 36.3. The number of halogens is 3. The van der Waals surface area contributed by atoms with E-state index in [4.69, 9.17) is 5.11 Å². The Morgan fingerprint density at radius 2 is 1.94 bits per heavy atom. The molecule has 17 heavy (non-hydrogen) atoms. The minimum Gasteiger partial charge on any atom is -0.480 e. The van der Waals surface area contributed by atoms with Crippen LogP contribution in [-0.2, 0) is 4.79 Å². The van der Waals surface area contributed by atoms with Crippen molar-refractivity contribution in [1.82, 2.24) is 10.2 Å². The maximum Gasteiger partial charge on any atom is 0.406 e. The lowest BCUT2D eigenvalue weighted by Gasteiger charge is -2.22. The number of rotatable bonds is 6. The molecule has 0 fully saturated rings. The van der Waals surface area contributed by atoms with E-state index in [9.17, 15) is 22.8 Å². The highest BCUT2D eigenvalue weighted by atomic mass is 19.4. The third-order valence-electron chi connectivity index (χ3n) is 1.79. The quantitative estimate of drug-likeness (QED) is 0.706. The number of nitrogens with one attached hydrogen (secondary N) is 1. The van der Waals surface area contributed by atoms with Crippen LogP contribution in [0.25, 0.3) is 0 Å². The number of hydrogen-bond acceptors (Lipinski definition) is 2. The molecule has 0 bridgehead atoms. The Morgan fingerprint density at radius 1 is 1.35 bits per heavy atom. The lowest BCUT2D eigenvalue weighted by molar-refractivity contribution is -0.148. The van der Waals surface area contributed by atoms with E-state index in [1.807, 2.05) is 6.92 Å². The van der Waals surface area contributed by atoms with Crippen molar-refractivity contribution >= 4 is 12.0 Å². The first-order valence-electron chi connectivity index (χ1n) is 5.07. The fourth-order valence-corrected chi connectivity index (χ4v) is 1.06. The molecular formula is C9H15F3N2O3. The Hall–Kier alpha value is -1.47. The van der Waals surface area contributed by atoms with Crippen LogP contribution >= 0.6 is 0 Å². The summed E-state index contributed by atoms with van der Waals surface area (Å²) in [6.45, 7) is -0.463. The molecule has 5 nitrogen and oxygen atoms in total. The monoisotopic (exact) mass is 256 g/mol. The van der Waals surface area contributed by atoms with Gasteiger partial charge in [-0.1, -0.05) is 13.3 Å². The van der Waals surface area contributed by atoms with Gasteiger partial charge < -0.3 is 15.3 Å². The van der Waals surface area contributed by atoms with E-state index >= 15 is 0 Å². The van der Waals surface area contributed by atoms with Gasteiger partial charge in [0.2, 0.25) is 0 Å². The van der Waals surface area contributed by atoms with Crippen LogP contribution in [0.3, 0.4) is 0 Å². The van der Waals surface area contributed by atoms with Crippen LogP contribution < -0.4 is 5.32 Å². The van der Waals surface area contributed by atoms with Gasteiger partial charge in [-0.2, -0.15) is 13.2 Å². The van der Waals surface area contributed by atoms with Crippen LogP contribution in [0.1, 0.15) is 19.8 Å². The largest absolute Gasteiger partial charge is 0.480 e. The molecule has 0 radical (unpaired) electrons. The molecule has 0 aliphatic carbocycles. The molecule has 0 aromatic heterocycles. The molecule has 0 atom stereocenters. The highest BCUT2D eigenvalue weighted by molar-refractivity contribution is 5.80. The van der Waals surface area contributed by atoms with E-state index in [1.165, 1.54) is 0 Å². The summed E-state index contributed by atoms with van der Waals surface area (Å²) in [7, 11) is 0. The molecule has 0 unspecified atom stereocenters. The standard InChI is InChI=1S/C9H15F3N2O3/c1-2-3-4-13-8(17)14(5-7(15)16)6-9(10,11)12/h2-6H2,1H3,(H,13,17)(H,15,16). The van der Waals surface area contributed by atoms with Crippen molar-refractivity contribution < 1.29 is 27.9 Å². The zero-order chi connectivity index (χ0) is 13.5. The molecule has 8 heteroatoms. The van der Waals surface area contributed by atoms with E-state index < -0.39 is 31.3 Å². The molecule has 2 amide bonds. The van der Waals surface area contributed by atoms with Crippen LogP contribution in [0.2, 0.25) is 0 Å². The molecule has 100 valence electrons. The fraction of sp³-hybridized carbons (Fsp3) is 0.778. The van der Waals surface area contributed by atoms with Crippen molar-refractivity contribution in [2.75, 3.05) is 19.6 Å². The summed E-state index contributed by atoms with van der Waals surface area (Å²) in [5, 5.41) is 10.6. The van der Waals surface area contributed by atoms with Gasteiger partial charge in [-0.25, -0.2) is 4.79 Å². The third kappa shape index (κ3) is 8.35. The van der Waals surface area contributed by atoms with Crippen molar-refractivity contribution in [3.05, 3.63) is 0 Å². The number of carboxylic acid groups (broad SMARTS) is 1. The summed E-state index contributed by atoms with van der Waals surface area (Å²) >= 11 is 0. The summed E-state index contributed by atoms with van der Waals surface area (Å²) in [6.07, 6.45) is -3.21. The van der Waals surface area contributed by atoms with Crippen LogP contribution in [0.5, 0.6) is 0 Å². The number of aliphatic carboxylic acids is 1. The van der Waals surface area contributed by atoms with Crippen molar-refractivity contribution in [3.8, 4) is 0 Å². The van der Waals surface area contributed by atoms with Gasteiger partial charge in [0.1, 0.15) is 13.1 Å². The number of amides is 2. The van der Waals surface area contributed by atoms with E-state index in [1.54, 1.807) is 0 Å². The summed E-state index contributed by atoms with van der Waals surface area (Å²) in [6, 6.07) is -1.02. The van der Waals surface area contributed by atoms with Crippen LogP contribution in [0.15, 0.2) is 0 Å². The SMILES string of the molecule is CCCCNC(=O)N(CC(=O)O)CC(F)(F)F. The number of nitrogens with zero attached hydrogens (tertiary/aromatic N) is 1. The lowest BCUT2D eigenvalue weighted by atomic mass is 10.3. The first-order chi connectivity index (χ1) is 7.76. The van der Waals surface area contributed by atoms with Crippen LogP contribution in [0, 0.1) is 0 Å². The maximum absolute atomic E-state index is 12.1. The van der Waals surface area contributed by atoms with Gasteiger partial charge in [0, 0.05) is 6.54 Å². The molecule has 0 saturated heterocycles. The van der Waals surface area contributed by atoms with Crippen molar-refractivity contribution in [1.29, 1.82) is 0 Å². The average Bonchev–Trinajstić information content (AvgIpc) is 2.14. The van der Waals surface area contributed by atoms with E-state index in [0.717, 1.165) is 6.42 Å². The molecule has 0 aromatic rings. The molecular weight excluding hydrogens is 241 g/mol. The number of carbonyl (C=O) groups is 2. The van der Waals surface area contributed by atoms with Gasteiger partial charge in [0.25, 0.3) is 0 Å². The van der Waals surface area contributed by atoms with E-state index in [0.29, 0.717) is 6.42 Å². The highest BCUT2D eigenvalue weighted by Crippen LogP contribution is 2.16. The number of alkyl halides is 3. The van der Waals surface area contributed by atoms with E-state index in [-0.39, 0.29) is 11.4 Å². The number of urea groups is 1. The third-order valence-corrected chi connectivity index (χ3v) is 1.79. The first kappa shape index (κ1) is 15.5. The van der Waals surface area contributed by atoms with Gasteiger partial charge >= 0.3 is 18.2 Å². The Labute approximate surface area is 96.6 Å². The van der Waals surface area contributed by atoms with Crippen molar-refractivity contribution in [3.63, 3.8) is 0 Å². The predicted octanol–water partition coefficient (Wildman–Crippen LogP) is 1.44. The van der Waals surface area contributed by atoms with Gasteiger partial charge in [-0.05, 0) is 6.42 Å². The normalized spacial score (nSPS) is 11.1. The first-order valence-corrected chi connectivity index (χ1v) is 5.07. The summed E-state index contributed by atoms with van der Waals surface area (Å²) in [5.41, 5.74) is 0. The molecule has 0 rings (SSSR count). The maximum atomic E-state index is 12.1. The van der Waals surface area contributed by atoms with E-state index in [2.05, 4.69) is 5.32 Å². The predicted molar refractivity (Wildman–Crippen MR) is 53.6 cm³/mol. The van der Waals surface area contributed by atoms with Gasteiger partial charge in [-0.3, -0.25) is 4.79 Å². The number of hydrogen-bond donors (Lipinski definition) is 2. The Bertz CT molecular complexity index is 269. The minimum absolute atomic E-state index is 0.220. The molecule has 0 heterocycles. The second-order valence-corrected chi connectivity index (χ2v) is 3.45. The highest BCUT2D eigenvalue weighted by Gasteiger charge is 2.33. The molecule has 0 saturated carbocycles. The van der Waals surface area contributed by atoms with Crippen LogP contribution in [-0.4, -0.2) is 47.8 Å². The van der Waals surface area contributed by atoms with Crippen LogP contribution in [0.4, 0.5) is 18.0 Å². The van der Waals surface area contributed by atoms with Crippen molar-refractivity contribution in [2.45, 2.75) is 25.9 Å². The second kappa shape index (κ2) is 6.97. The molecule has 0 spiro atoms. The zero-order valence-corrected chi connectivity index (χ0v) is 9.38. The molecule has 2 N–H and O–H groups in total. The smallest absolute Gasteiger partial charge is 0.406 e. The van der Waals surface area contributed by atoms with Crippen molar-refractivity contribution in [2.24, 2.45) is 0 Å². The number of carboxylic acids is 1. The molecule has 0 aliphatic heterocycles. The summed E-state index contributed by atoms with van der Waals surface area (Å²) in [5.74, 6) is -1.49. The second-order valence-electron chi connectivity index (χ2n) is 3.45. The molecule has 0 aliphatic rings. The average molecular weight is 256 g/mol.